The molecule has 0 aliphatic carbocycles. The first-order chi connectivity index (χ1) is 40.6. The van der Waals surface area contributed by atoms with Crippen LogP contribution in [0.3, 0.4) is 0 Å². The van der Waals surface area contributed by atoms with Crippen molar-refractivity contribution in [2.75, 3.05) is 0 Å². The van der Waals surface area contributed by atoms with E-state index < -0.39 is 0 Å². The second-order valence-electron chi connectivity index (χ2n) is 24.5. The molecule has 3 aromatic heterocycles. The number of aromatic nitrogens is 6. The summed E-state index contributed by atoms with van der Waals surface area (Å²) < 4.78 is 14.0. The van der Waals surface area contributed by atoms with E-state index in [1.54, 1.807) is 0 Å². The molecule has 0 atom stereocenters. The highest BCUT2D eigenvalue weighted by atomic mass is 16.5. The smallest absolute Gasteiger partial charge is 0.145 e. The lowest BCUT2D eigenvalue weighted by Crippen LogP contribution is -2.09. The molecule has 420 valence electrons. The summed E-state index contributed by atoms with van der Waals surface area (Å²) in [6.07, 6.45) is 4.05. The first-order valence-electron chi connectivity index (χ1n) is 30.2. The zero-order valence-electron chi connectivity index (χ0n) is 50.7. The minimum atomic E-state index is 0.194. The van der Waals surface area contributed by atoms with E-state index in [2.05, 4.69) is 285 Å². The highest BCUT2D eigenvalue weighted by molar-refractivity contribution is 5.87. The van der Waals surface area contributed by atoms with E-state index in [0.29, 0.717) is 11.8 Å². The van der Waals surface area contributed by atoms with E-state index in [9.17, 15) is 0 Å². The van der Waals surface area contributed by atoms with Crippen molar-refractivity contribution < 1.29 is 4.74 Å². The van der Waals surface area contributed by atoms with Gasteiger partial charge in [0, 0.05) is 29.1 Å². The Morgan fingerprint density at radius 1 is 0.310 bits per heavy atom. The van der Waals surface area contributed by atoms with Crippen molar-refractivity contribution in [2.45, 2.75) is 119 Å². The standard InChI is InChI=1S/C77H76N6O/c1-47(2)62-32-23-33-63(48(3)4)73(62)82-70-36-18-16-34-68(70)79-76(82)56-28-21-30-60(41-56)84-61-31-22-29-57(42-61)77-80-69-35-17-19-37-71(69)83(77)74-66(51(9)10)45-59(46-67(74)52(11)12)55-27-20-26-54(40-55)58-43-64(49(5)6)72(65(44-58)50(7)8)81-39-38-78-75(81)53-24-14-13-15-25-53/h13-52H,1-12H3. The van der Waals surface area contributed by atoms with Gasteiger partial charge in [-0.2, -0.15) is 0 Å². The molecule has 0 fully saturated rings. The lowest BCUT2D eigenvalue weighted by Gasteiger charge is -2.25. The van der Waals surface area contributed by atoms with Crippen molar-refractivity contribution in [1.29, 1.82) is 0 Å². The van der Waals surface area contributed by atoms with Gasteiger partial charge < -0.3 is 4.74 Å². The Bertz CT molecular complexity index is 4290. The third-order valence-corrected chi connectivity index (χ3v) is 16.6. The minimum absolute atomic E-state index is 0.194. The van der Waals surface area contributed by atoms with Gasteiger partial charge in [-0.05, 0) is 170 Å². The Labute approximate surface area is 496 Å². The molecule has 0 spiro atoms. The highest BCUT2D eigenvalue weighted by Gasteiger charge is 2.27. The van der Waals surface area contributed by atoms with Gasteiger partial charge in [-0.3, -0.25) is 13.7 Å². The molecule has 7 heteroatoms. The normalized spacial score (nSPS) is 12.0. The third-order valence-electron chi connectivity index (χ3n) is 16.6. The Balaban J connectivity index is 0.931. The lowest BCUT2D eigenvalue weighted by molar-refractivity contribution is 0.483. The zero-order chi connectivity index (χ0) is 58.5. The van der Waals surface area contributed by atoms with Gasteiger partial charge >= 0.3 is 0 Å². The topological polar surface area (TPSA) is 62.7 Å². The summed E-state index contributed by atoms with van der Waals surface area (Å²) in [6.45, 7) is 27.6. The number of fused-ring (bicyclic) bond motifs is 2. The first-order valence-corrected chi connectivity index (χ1v) is 30.2. The predicted molar refractivity (Wildman–Crippen MR) is 351 cm³/mol. The summed E-state index contributed by atoms with van der Waals surface area (Å²) in [5, 5.41) is 0. The molecular weight excluding hydrogens is 1020 g/mol. The van der Waals surface area contributed by atoms with Crippen LogP contribution in [0.4, 0.5) is 0 Å². The summed E-state index contributed by atoms with van der Waals surface area (Å²) in [5.41, 5.74) is 23.2. The van der Waals surface area contributed by atoms with Crippen LogP contribution in [0, 0.1) is 0 Å². The number of rotatable bonds is 16. The van der Waals surface area contributed by atoms with Gasteiger partial charge in [-0.1, -0.05) is 198 Å². The minimum Gasteiger partial charge on any atom is -0.457 e. The Morgan fingerprint density at radius 2 is 0.690 bits per heavy atom. The van der Waals surface area contributed by atoms with Gasteiger partial charge in [0.15, 0.2) is 0 Å². The molecule has 12 rings (SSSR count). The van der Waals surface area contributed by atoms with Gasteiger partial charge in [0.25, 0.3) is 0 Å². The van der Waals surface area contributed by atoms with Crippen LogP contribution in [0.1, 0.15) is 152 Å². The molecule has 0 saturated heterocycles. The van der Waals surface area contributed by atoms with Crippen LogP contribution < -0.4 is 4.74 Å². The van der Waals surface area contributed by atoms with E-state index >= 15 is 0 Å². The maximum Gasteiger partial charge on any atom is 0.145 e. The fraction of sp³-hybridized carbons (Fsp3) is 0.234. The zero-order valence-corrected chi connectivity index (χ0v) is 50.7. The van der Waals surface area contributed by atoms with Crippen molar-refractivity contribution in [3.8, 4) is 85.0 Å². The molecule has 0 saturated carbocycles. The fourth-order valence-corrected chi connectivity index (χ4v) is 12.3. The van der Waals surface area contributed by atoms with Crippen molar-refractivity contribution in [1.82, 2.24) is 28.7 Å². The van der Waals surface area contributed by atoms with Gasteiger partial charge in [-0.15, -0.1) is 0 Å². The van der Waals surface area contributed by atoms with Crippen LogP contribution in [-0.2, 0) is 0 Å². The van der Waals surface area contributed by atoms with Crippen LogP contribution >= 0.6 is 0 Å². The largest absolute Gasteiger partial charge is 0.457 e. The second kappa shape index (κ2) is 22.9. The van der Waals surface area contributed by atoms with Crippen molar-refractivity contribution in [3.05, 3.63) is 240 Å². The summed E-state index contributed by atoms with van der Waals surface area (Å²) in [5.74, 6) is 5.73. The second-order valence-corrected chi connectivity index (χ2v) is 24.5. The van der Waals surface area contributed by atoms with Gasteiger partial charge in [0.05, 0.1) is 39.1 Å². The van der Waals surface area contributed by atoms with Gasteiger partial charge in [-0.25, -0.2) is 15.0 Å². The summed E-state index contributed by atoms with van der Waals surface area (Å²) in [7, 11) is 0. The maximum atomic E-state index is 6.90. The van der Waals surface area contributed by atoms with E-state index in [1.165, 1.54) is 72.7 Å². The molecule has 0 amide bonds. The van der Waals surface area contributed by atoms with Crippen LogP contribution in [0.2, 0.25) is 0 Å². The molecule has 0 bridgehead atoms. The van der Waals surface area contributed by atoms with Crippen molar-refractivity contribution in [2.24, 2.45) is 0 Å². The monoisotopic (exact) mass is 1100 g/mol. The molecule has 7 nitrogen and oxygen atoms in total. The Morgan fingerprint density at radius 3 is 1.15 bits per heavy atom. The molecule has 0 aliphatic heterocycles. The van der Waals surface area contributed by atoms with Gasteiger partial charge in [0.1, 0.15) is 29.0 Å². The molecule has 84 heavy (non-hydrogen) atoms. The van der Waals surface area contributed by atoms with E-state index in [4.69, 9.17) is 19.7 Å². The molecular formula is C77H76N6O. The lowest BCUT2D eigenvalue weighted by atomic mass is 9.86. The highest BCUT2D eigenvalue weighted by Crippen LogP contribution is 2.44. The first kappa shape index (κ1) is 55.5. The number of nitrogens with zero attached hydrogens (tertiary/aromatic N) is 6. The van der Waals surface area contributed by atoms with Gasteiger partial charge in [0.2, 0.25) is 0 Å². The van der Waals surface area contributed by atoms with Crippen LogP contribution in [-0.4, -0.2) is 28.7 Å². The Kier molecular flexibility index (Phi) is 15.1. The molecule has 12 aromatic rings. The fourth-order valence-electron chi connectivity index (χ4n) is 12.3. The number of hydrogen-bond acceptors (Lipinski definition) is 4. The Hall–Kier alpha value is -9.07. The average Bonchev–Trinajstić information content (AvgIpc) is 2.36. The van der Waals surface area contributed by atoms with Crippen LogP contribution in [0.15, 0.2) is 207 Å². The summed E-state index contributed by atoms with van der Waals surface area (Å²) in [4.78, 5) is 15.7. The average molecular weight is 1100 g/mol. The molecule has 0 aliphatic rings. The quantitative estimate of drug-likeness (QED) is 0.0967. The maximum absolute atomic E-state index is 6.90. The SMILES string of the molecule is CC(C)c1cc(-c2cccc(-c3cc(C(C)C)c(-n4c(-c5cccc(Oc6cccc(-c7nc8ccccc8n7-c7c(C(C)C)cccc7C(C)C)c6)c5)nc5ccccc54)c(C(C)C)c3)c2)cc(C(C)C)c1-n1ccnc1-c1ccccc1. The number of benzene rings is 9. The van der Waals surface area contributed by atoms with Crippen LogP contribution in [0.25, 0.3) is 95.5 Å². The third kappa shape index (κ3) is 10.4. The molecule has 9 aromatic carbocycles. The molecule has 0 unspecified atom stereocenters. The van der Waals surface area contributed by atoms with Crippen molar-refractivity contribution in [3.63, 3.8) is 0 Å². The van der Waals surface area contributed by atoms with E-state index in [1.807, 2.05) is 18.3 Å². The summed E-state index contributed by atoms with van der Waals surface area (Å²) >= 11 is 0. The van der Waals surface area contributed by atoms with E-state index in [-0.39, 0.29) is 23.7 Å². The molecule has 0 N–H and O–H groups in total. The van der Waals surface area contributed by atoms with Crippen molar-refractivity contribution >= 4 is 22.1 Å². The molecule has 0 radical (unpaired) electrons. The number of hydrogen-bond donors (Lipinski definition) is 0. The van der Waals surface area contributed by atoms with E-state index in [0.717, 1.165) is 67.7 Å². The number of ether oxygens (including phenoxy) is 1. The summed E-state index contributed by atoms with van der Waals surface area (Å²) in [6, 6.07) is 69.9. The number of para-hydroxylation sites is 5. The number of imidazole rings is 3. The predicted octanol–water partition coefficient (Wildman–Crippen LogP) is 21.4. The molecule has 3 heterocycles. The van der Waals surface area contributed by atoms with Crippen LogP contribution in [0.5, 0.6) is 11.5 Å².